The molecule has 0 spiro atoms. The van der Waals surface area contributed by atoms with Crippen LogP contribution in [0.4, 0.5) is 0 Å². The second-order valence-electron chi connectivity index (χ2n) is 11.6. The molecule has 0 saturated heterocycles. The predicted molar refractivity (Wildman–Crippen MR) is 195 cm³/mol. The molecule has 5 nitrogen and oxygen atoms in total. The first kappa shape index (κ1) is 29.0. The van der Waals surface area contributed by atoms with Gasteiger partial charge in [-0.2, -0.15) is 0 Å². The summed E-state index contributed by atoms with van der Waals surface area (Å²) in [6.45, 7) is 0.796. The van der Waals surface area contributed by atoms with Gasteiger partial charge in [0.05, 0.1) is 5.69 Å². The maximum atomic E-state index is 5.15. The molecule has 1 aliphatic heterocycles. The summed E-state index contributed by atoms with van der Waals surface area (Å²) in [5.41, 5.74) is 11.2. The van der Waals surface area contributed by atoms with E-state index in [2.05, 4.69) is 132 Å². The minimum atomic E-state index is 0.600. The molecule has 228 valence electrons. The zero-order valence-corrected chi connectivity index (χ0v) is 26.2. The summed E-state index contributed by atoms with van der Waals surface area (Å²) < 4.78 is 0. The molecule has 0 bridgehead atoms. The van der Waals surface area contributed by atoms with E-state index in [-0.39, 0.29) is 0 Å². The molecule has 1 aliphatic rings. The van der Waals surface area contributed by atoms with Gasteiger partial charge in [0.15, 0.2) is 17.5 Å². The molecule has 48 heavy (non-hydrogen) atoms. The molecule has 5 aromatic carbocycles. The second-order valence-corrected chi connectivity index (χ2v) is 11.6. The summed E-state index contributed by atoms with van der Waals surface area (Å²) in [7, 11) is 0. The summed E-state index contributed by atoms with van der Waals surface area (Å²) in [5, 5.41) is 3.47. The van der Waals surface area contributed by atoms with Crippen LogP contribution in [-0.4, -0.2) is 26.5 Å². The van der Waals surface area contributed by atoms with Gasteiger partial charge in [0.25, 0.3) is 0 Å². The summed E-state index contributed by atoms with van der Waals surface area (Å²) in [4.78, 5) is 19.9. The Labute approximate surface area is 280 Å². The Hall–Kier alpha value is -6.46. The monoisotopic (exact) mass is 617 g/mol. The van der Waals surface area contributed by atoms with Crippen molar-refractivity contribution in [1.82, 2.24) is 25.3 Å². The van der Waals surface area contributed by atoms with Gasteiger partial charge < -0.3 is 5.32 Å². The number of allylic oxidation sites excluding steroid dienone is 2. The van der Waals surface area contributed by atoms with E-state index in [1.165, 1.54) is 0 Å². The molecule has 0 radical (unpaired) electrons. The van der Waals surface area contributed by atoms with Crippen LogP contribution in [0.5, 0.6) is 0 Å². The van der Waals surface area contributed by atoms with E-state index in [4.69, 9.17) is 15.0 Å². The van der Waals surface area contributed by atoms with Crippen LogP contribution in [0, 0.1) is 0 Å². The number of rotatable bonds is 7. The van der Waals surface area contributed by atoms with Crippen molar-refractivity contribution in [1.29, 1.82) is 0 Å². The number of benzene rings is 5. The van der Waals surface area contributed by atoms with Crippen LogP contribution in [-0.2, 0) is 0 Å². The van der Waals surface area contributed by atoms with Crippen LogP contribution in [0.25, 0.3) is 73.4 Å². The van der Waals surface area contributed by atoms with Gasteiger partial charge in [0.2, 0.25) is 0 Å². The van der Waals surface area contributed by atoms with Crippen molar-refractivity contribution in [2.24, 2.45) is 0 Å². The molecule has 0 fully saturated rings. The number of hydrogen-bond donors (Lipinski definition) is 1. The standard InChI is InChI=1S/C43H31N5/c1-3-13-30(14-4-1)36-27-37(31-15-5-2-6-16-31)29-38(28-36)43-47-41(34-19-11-17-32(25-34)39-21-7-9-23-44-39)46-42(48-43)35-20-12-18-33(26-35)40-22-8-10-24-45-40/h1-23,25-29,45H,24H2. The zero-order chi connectivity index (χ0) is 32.1. The highest BCUT2D eigenvalue weighted by atomic mass is 15.0. The highest BCUT2D eigenvalue weighted by Crippen LogP contribution is 2.34. The van der Waals surface area contributed by atoms with Crippen molar-refractivity contribution in [2.75, 3.05) is 6.54 Å². The number of pyridine rings is 1. The minimum absolute atomic E-state index is 0.600. The Bertz CT molecular complexity index is 2220. The third-order valence-corrected chi connectivity index (χ3v) is 8.36. The normalized spacial score (nSPS) is 12.3. The summed E-state index contributed by atoms with van der Waals surface area (Å²) in [6.07, 6.45) is 8.08. The molecule has 2 aromatic heterocycles. The Morgan fingerprint density at radius 3 is 1.50 bits per heavy atom. The highest BCUT2D eigenvalue weighted by Gasteiger charge is 2.16. The fourth-order valence-electron chi connectivity index (χ4n) is 5.95. The molecule has 0 saturated carbocycles. The highest BCUT2D eigenvalue weighted by molar-refractivity contribution is 5.81. The third-order valence-electron chi connectivity index (χ3n) is 8.36. The maximum absolute atomic E-state index is 5.15. The Kier molecular flexibility index (Phi) is 7.91. The lowest BCUT2D eigenvalue weighted by Crippen LogP contribution is -2.14. The first-order valence-corrected chi connectivity index (χ1v) is 16.0. The summed E-state index contributed by atoms with van der Waals surface area (Å²) in [5.74, 6) is 1.82. The van der Waals surface area contributed by atoms with Crippen LogP contribution >= 0.6 is 0 Å². The molecule has 0 amide bonds. The van der Waals surface area contributed by atoms with Crippen molar-refractivity contribution < 1.29 is 0 Å². The van der Waals surface area contributed by atoms with Gasteiger partial charge >= 0.3 is 0 Å². The van der Waals surface area contributed by atoms with Gasteiger partial charge in [-0.15, -0.1) is 0 Å². The molecule has 8 rings (SSSR count). The van der Waals surface area contributed by atoms with Crippen LogP contribution in [0.2, 0.25) is 0 Å². The van der Waals surface area contributed by atoms with Crippen molar-refractivity contribution in [3.8, 4) is 67.7 Å². The molecule has 7 aromatic rings. The molecule has 0 unspecified atom stereocenters. The van der Waals surface area contributed by atoms with Crippen molar-refractivity contribution in [3.63, 3.8) is 0 Å². The van der Waals surface area contributed by atoms with Gasteiger partial charge in [0.1, 0.15) is 0 Å². The first-order valence-electron chi connectivity index (χ1n) is 16.0. The first-order chi connectivity index (χ1) is 23.8. The summed E-state index contributed by atoms with van der Waals surface area (Å²) >= 11 is 0. The van der Waals surface area contributed by atoms with Gasteiger partial charge in [0, 0.05) is 40.7 Å². The topological polar surface area (TPSA) is 63.6 Å². The van der Waals surface area contributed by atoms with Crippen LogP contribution < -0.4 is 5.32 Å². The molecule has 1 N–H and O–H groups in total. The lowest BCUT2D eigenvalue weighted by atomic mass is 9.96. The number of aromatic nitrogens is 4. The van der Waals surface area contributed by atoms with Crippen LogP contribution in [0.1, 0.15) is 5.56 Å². The van der Waals surface area contributed by atoms with Gasteiger partial charge in [-0.25, -0.2) is 15.0 Å². The van der Waals surface area contributed by atoms with E-state index in [1.807, 2.05) is 48.7 Å². The molecule has 5 heteroatoms. The number of nitrogens with one attached hydrogen (secondary N) is 1. The SMILES string of the molecule is C1=CCNC(c2cccc(-c3nc(-c4cc(-c5ccccc5)cc(-c5ccccc5)c4)nc(-c4cccc(-c5ccccn5)c4)n3)c2)=C1. The molecule has 0 atom stereocenters. The maximum Gasteiger partial charge on any atom is 0.164 e. The smallest absolute Gasteiger partial charge is 0.164 e. The predicted octanol–water partition coefficient (Wildman–Crippen LogP) is 9.77. The van der Waals surface area contributed by atoms with Gasteiger partial charge in [-0.05, 0) is 76.4 Å². The van der Waals surface area contributed by atoms with Gasteiger partial charge in [-0.1, -0.05) is 115 Å². The zero-order valence-electron chi connectivity index (χ0n) is 26.2. The Morgan fingerprint density at radius 2 is 0.917 bits per heavy atom. The average Bonchev–Trinajstić information content (AvgIpc) is 3.19. The Balaban J connectivity index is 1.32. The third kappa shape index (κ3) is 6.17. The summed E-state index contributed by atoms with van der Waals surface area (Å²) in [6, 6.07) is 50.0. The molecule has 3 heterocycles. The van der Waals surface area contributed by atoms with E-state index >= 15 is 0 Å². The molecular formula is C43H31N5. The number of hydrogen-bond acceptors (Lipinski definition) is 5. The quantitative estimate of drug-likeness (QED) is 0.193. The van der Waals surface area contributed by atoms with Crippen molar-refractivity contribution >= 4 is 5.70 Å². The minimum Gasteiger partial charge on any atom is -0.381 e. The molecular weight excluding hydrogens is 587 g/mol. The van der Waals surface area contributed by atoms with E-state index < -0.39 is 0 Å². The lowest BCUT2D eigenvalue weighted by Gasteiger charge is -2.14. The van der Waals surface area contributed by atoms with Gasteiger partial charge in [-0.3, -0.25) is 4.98 Å². The fourth-order valence-corrected chi connectivity index (χ4v) is 5.95. The van der Waals surface area contributed by atoms with E-state index in [0.29, 0.717) is 17.5 Å². The lowest BCUT2D eigenvalue weighted by molar-refractivity contribution is 0.995. The number of nitrogens with zero attached hydrogens (tertiary/aromatic N) is 4. The largest absolute Gasteiger partial charge is 0.381 e. The van der Waals surface area contributed by atoms with E-state index in [1.54, 1.807) is 0 Å². The van der Waals surface area contributed by atoms with Crippen LogP contribution in [0.3, 0.4) is 0 Å². The fraction of sp³-hybridized carbons (Fsp3) is 0.0233. The second kappa shape index (κ2) is 13.1. The van der Waals surface area contributed by atoms with Crippen molar-refractivity contribution in [2.45, 2.75) is 0 Å². The number of dihydropyridines is 1. The van der Waals surface area contributed by atoms with E-state index in [9.17, 15) is 0 Å². The average molecular weight is 618 g/mol. The van der Waals surface area contributed by atoms with Crippen molar-refractivity contribution in [3.05, 3.63) is 176 Å². The molecule has 0 aliphatic carbocycles. The van der Waals surface area contributed by atoms with Crippen LogP contribution in [0.15, 0.2) is 170 Å². The Morgan fingerprint density at radius 1 is 0.417 bits per heavy atom. The van der Waals surface area contributed by atoms with E-state index in [0.717, 1.165) is 68.0 Å².